The molecule has 20 heavy (non-hydrogen) atoms. The summed E-state index contributed by atoms with van der Waals surface area (Å²) in [5.74, 6) is 0. The van der Waals surface area contributed by atoms with Gasteiger partial charge in [-0.05, 0) is 39.8 Å². The molecule has 1 aromatic rings. The van der Waals surface area contributed by atoms with Crippen molar-refractivity contribution >= 4 is 21.6 Å². The van der Waals surface area contributed by atoms with E-state index in [0.29, 0.717) is 5.56 Å². The summed E-state index contributed by atoms with van der Waals surface area (Å²) in [7, 11) is -3.39. The van der Waals surface area contributed by atoms with Crippen LogP contribution in [0.4, 0.5) is 5.69 Å². The van der Waals surface area contributed by atoms with Gasteiger partial charge < -0.3 is 0 Å². The van der Waals surface area contributed by atoms with Crippen LogP contribution in [0.3, 0.4) is 0 Å². The molecule has 0 N–H and O–H groups in total. The summed E-state index contributed by atoms with van der Waals surface area (Å²) in [4.78, 5) is 14.4. The number of aromatic nitrogens is 1. The highest BCUT2D eigenvalue weighted by molar-refractivity contribution is 7.91. The summed E-state index contributed by atoms with van der Waals surface area (Å²) >= 11 is 0. The Kier molecular flexibility index (Phi) is 4.33. The van der Waals surface area contributed by atoms with E-state index in [1.165, 1.54) is 19.9 Å². The first-order chi connectivity index (χ1) is 8.96. The normalized spacial score (nSPS) is 12.1. The van der Waals surface area contributed by atoms with Gasteiger partial charge in [0, 0.05) is 6.26 Å². The van der Waals surface area contributed by atoms with Crippen molar-refractivity contribution < 1.29 is 13.3 Å². The smallest absolute Gasteiger partial charge is 0.258 e. The summed E-state index contributed by atoms with van der Waals surface area (Å²) in [5.41, 5.74) is 1.39. The third-order valence-corrected chi connectivity index (χ3v) is 5.16. The van der Waals surface area contributed by atoms with Crippen molar-refractivity contribution in [3.8, 4) is 0 Å². The number of nitrogens with zero attached hydrogens (tertiary/aromatic N) is 2. The SMILES string of the molecule is CC(C)=Cc1cc(C(C)(C)S(C)(=O)=O)ncc1[N+](=O)[O-]. The van der Waals surface area contributed by atoms with Crippen molar-refractivity contribution in [1.29, 1.82) is 0 Å². The zero-order chi connectivity index (χ0) is 15.7. The first-order valence-corrected chi connectivity index (χ1v) is 7.85. The maximum atomic E-state index is 11.8. The second-order valence-electron chi connectivity index (χ2n) is 5.39. The Morgan fingerprint density at radius 2 is 1.95 bits per heavy atom. The van der Waals surface area contributed by atoms with Crippen LogP contribution in [0, 0.1) is 10.1 Å². The second kappa shape index (κ2) is 5.32. The fourth-order valence-electron chi connectivity index (χ4n) is 1.56. The van der Waals surface area contributed by atoms with Crippen molar-refractivity contribution in [2.24, 2.45) is 0 Å². The van der Waals surface area contributed by atoms with Gasteiger partial charge in [0.25, 0.3) is 5.69 Å². The van der Waals surface area contributed by atoms with Gasteiger partial charge >= 0.3 is 0 Å². The van der Waals surface area contributed by atoms with Crippen LogP contribution in [0.2, 0.25) is 0 Å². The van der Waals surface area contributed by atoms with Crippen LogP contribution >= 0.6 is 0 Å². The molecular weight excluding hydrogens is 280 g/mol. The summed E-state index contributed by atoms with van der Waals surface area (Å²) in [6.07, 6.45) is 3.87. The first kappa shape index (κ1) is 16.3. The van der Waals surface area contributed by atoms with Gasteiger partial charge in [0.05, 0.1) is 16.2 Å². The van der Waals surface area contributed by atoms with E-state index in [9.17, 15) is 18.5 Å². The number of allylic oxidation sites excluding steroid dienone is 1. The molecule has 0 saturated carbocycles. The predicted molar refractivity (Wildman–Crippen MR) is 78.1 cm³/mol. The lowest BCUT2D eigenvalue weighted by molar-refractivity contribution is -0.385. The van der Waals surface area contributed by atoms with E-state index >= 15 is 0 Å². The van der Waals surface area contributed by atoms with Crippen molar-refractivity contribution in [1.82, 2.24) is 4.98 Å². The highest BCUT2D eigenvalue weighted by atomic mass is 32.2. The number of hydrogen-bond acceptors (Lipinski definition) is 5. The van der Waals surface area contributed by atoms with Gasteiger partial charge in [0.15, 0.2) is 9.84 Å². The molecule has 0 unspecified atom stereocenters. The summed E-state index contributed by atoms with van der Waals surface area (Å²) < 4.78 is 22.4. The third kappa shape index (κ3) is 3.22. The Morgan fingerprint density at radius 1 is 1.40 bits per heavy atom. The standard InChI is InChI=1S/C13H18N2O4S/c1-9(2)6-10-7-12(13(3,4)20(5,18)19)14-8-11(10)15(16)17/h6-8H,1-5H3. The maximum Gasteiger partial charge on any atom is 0.294 e. The van der Waals surface area contributed by atoms with E-state index in [0.717, 1.165) is 18.0 Å². The van der Waals surface area contributed by atoms with Crippen LogP contribution in [-0.4, -0.2) is 24.6 Å². The van der Waals surface area contributed by atoms with E-state index in [1.807, 2.05) is 13.8 Å². The topological polar surface area (TPSA) is 90.2 Å². The second-order valence-corrected chi connectivity index (χ2v) is 7.95. The third-order valence-electron chi connectivity index (χ3n) is 3.10. The minimum absolute atomic E-state index is 0.140. The molecule has 0 bridgehead atoms. The Balaban J connectivity index is 3.56. The molecule has 1 rings (SSSR count). The van der Waals surface area contributed by atoms with Crippen LogP contribution in [-0.2, 0) is 14.6 Å². The molecule has 0 spiro atoms. The fraction of sp³-hybridized carbons (Fsp3) is 0.462. The molecule has 0 saturated heterocycles. The minimum atomic E-state index is -3.39. The van der Waals surface area contributed by atoms with E-state index < -0.39 is 19.5 Å². The molecule has 1 heterocycles. The van der Waals surface area contributed by atoms with Crippen molar-refractivity contribution in [3.05, 3.63) is 39.2 Å². The quantitative estimate of drug-likeness (QED) is 0.629. The fourth-order valence-corrected chi connectivity index (χ4v) is 2.05. The first-order valence-electron chi connectivity index (χ1n) is 5.96. The lowest BCUT2D eigenvalue weighted by Gasteiger charge is -2.22. The molecule has 6 nitrogen and oxygen atoms in total. The minimum Gasteiger partial charge on any atom is -0.258 e. The van der Waals surface area contributed by atoms with Gasteiger partial charge in [-0.15, -0.1) is 0 Å². The Bertz CT molecular complexity index is 672. The molecular formula is C13H18N2O4S. The lowest BCUT2D eigenvalue weighted by atomic mass is 10.0. The van der Waals surface area contributed by atoms with E-state index in [1.54, 1.807) is 6.08 Å². The van der Waals surface area contributed by atoms with Gasteiger partial charge in [-0.2, -0.15) is 0 Å². The molecule has 0 amide bonds. The molecule has 7 heteroatoms. The average Bonchev–Trinajstić information content (AvgIpc) is 2.25. The highest BCUT2D eigenvalue weighted by Gasteiger charge is 2.34. The van der Waals surface area contributed by atoms with E-state index in [2.05, 4.69) is 4.98 Å². The maximum absolute atomic E-state index is 11.8. The monoisotopic (exact) mass is 298 g/mol. The van der Waals surface area contributed by atoms with E-state index in [-0.39, 0.29) is 11.4 Å². The van der Waals surface area contributed by atoms with Gasteiger partial charge in [0.1, 0.15) is 10.9 Å². The van der Waals surface area contributed by atoms with Gasteiger partial charge in [-0.25, -0.2) is 8.42 Å². The van der Waals surface area contributed by atoms with Crippen molar-refractivity contribution in [3.63, 3.8) is 0 Å². The van der Waals surface area contributed by atoms with Crippen LogP contribution in [0.1, 0.15) is 39.0 Å². The molecule has 0 aliphatic carbocycles. The number of nitro groups is 1. The van der Waals surface area contributed by atoms with Crippen molar-refractivity contribution in [2.75, 3.05) is 6.26 Å². The van der Waals surface area contributed by atoms with Crippen LogP contribution < -0.4 is 0 Å². The predicted octanol–water partition coefficient (Wildman–Crippen LogP) is 2.69. The highest BCUT2D eigenvalue weighted by Crippen LogP contribution is 2.31. The lowest BCUT2D eigenvalue weighted by Crippen LogP contribution is -2.29. The van der Waals surface area contributed by atoms with Gasteiger partial charge in [-0.1, -0.05) is 5.57 Å². The Hall–Kier alpha value is -1.76. The largest absolute Gasteiger partial charge is 0.294 e. The summed E-state index contributed by atoms with van der Waals surface area (Å²) in [6.45, 7) is 6.68. The van der Waals surface area contributed by atoms with Crippen LogP contribution in [0.15, 0.2) is 17.8 Å². The van der Waals surface area contributed by atoms with Gasteiger partial charge in [0.2, 0.25) is 0 Å². The van der Waals surface area contributed by atoms with Gasteiger partial charge in [-0.3, -0.25) is 15.1 Å². The Morgan fingerprint density at radius 3 is 2.35 bits per heavy atom. The number of rotatable bonds is 4. The molecule has 1 aromatic heterocycles. The summed E-state index contributed by atoms with van der Waals surface area (Å²) in [5, 5.41) is 11.0. The number of hydrogen-bond donors (Lipinski definition) is 0. The zero-order valence-corrected chi connectivity index (χ0v) is 13.0. The van der Waals surface area contributed by atoms with Crippen LogP contribution in [0.25, 0.3) is 6.08 Å². The van der Waals surface area contributed by atoms with Crippen molar-refractivity contribution in [2.45, 2.75) is 32.4 Å². The molecule has 0 fully saturated rings. The molecule has 0 aliphatic rings. The molecule has 0 atom stereocenters. The number of sulfone groups is 1. The molecule has 110 valence electrons. The molecule has 0 aliphatic heterocycles. The zero-order valence-electron chi connectivity index (χ0n) is 12.2. The molecule has 0 aromatic carbocycles. The summed E-state index contributed by atoms with van der Waals surface area (Å²) in [6, 6.07) is 1.46. The van der Waals surface area contributed by atoms with E-state index in [4.69, 9.17) is 0 Å². The Labute approximate surface area is 118 Å². The number of pyridine rings is 1. The average molecular weight is 298 g/mol. The molecule has 0 radical (unpaired) electrons. The van der Waals surface area contributed by atoms with Crippen LogP contribution in [0.5, 0.6) is 0 Å².